The van der Waals surface area contributed by atoms with Crippen molar-refractivity contribution < 1.29 is 9.53 Å². The van der Waals surface area contributed by atoms with Crippen LogP contribution in [0.25, 0.3) is 10.9 Å². The maximum absolute atomic E-state index is 13.0. The van der Waals surface area contributed by atoms with Crippen molar-refractivity contribution in [1.29, 1.82) is 0 Å². The molecule has 1 fully saturated rings. The maximum atomic E-state index is 13.0. The molecule has 6 nitrogen and oxygen atoms in total. The van der Waals surface area contributed by atoms with Gasteiger partial charge in [0, 0.05) is 29.4 Å². The smallest absolute Gasteiger partial charge is 0.254 e. The van der Waals surface area contributed by atoms with Gasteiger partial charge in [0.25, 0.3) is 5.91 Å². The molecule has 1 aliphatic rings. The van der Waals surface area contributed by atoms with Crippen LogP contribution < -0.4 is 0 Å². The van der Waals surface area contributed by atoms with Gasteiger partial charge in [0.15, 0.2) is 0 Å². The fraction of sp³-hybridized carbons (Fsp3) is 0.300. The second-order valence-corrected chi connectivity index (χ2v) is 6.50. The largest absolute Gasteiger partial charge is 0.368 e. The number of morpholine rings is 1. The summed E-state index contributed by atoms with van der Waals surface area (Å²) in [5.74, 6) is 0.723. The Bertz CT molecular complexity index is 953. The van der Waals surface area contributed by atoms with Crippen LogP contribution in [-0.4, -0.2) is 45.5 Å². The summed E-state index contributed by atoms with van der Waals surface area (Å²) in [4.78, 5) is 27.9. The zero-order chi connectivity index (χ0) is 18.1. The molecule has 1 saturated heterocycles. The first-order valence-corrected chi connectivity index (χ1v) is 8.68. The molecule has 26 heavy (non-hydrogen) atoms. The molecule has 1 aromatic carbocycles. The minimum atomic E-state index is -0.227. The van der Waals surface area contributed by atoms with Gasteiger partial charge in [0.05, 0.1) is 24.4 Å². The maximum Gasteiger partial charge on any atom is 0.254 e. The van der Waals surface area contributed by atoms with Gasteiger partial charge in [0.1, 0.15) is 11.9 Å². The number of hydrogen-bond donors (Lipinski definition) is 0. The zero-order valence-electron chi connectivity index (χ0n) is 14.8. The molecule has 6 heteroatoms. The topological polar surface area (TPSA) is 68.2 Å². The van der Waals surface area contributed by atoms with Crippen LogP contribution in [-0.2, 0) is 4.74 Å². The van der Waals surface area contributed by atoms with Gasteiger partial charge >= 0.3 is 0 Å². The third-order valence-electron chi connectivity index (χ3n) is 4.52. The van der Waals surface area contributed by atoms with Crippen molar-refractivity contribution in [2.45, 2.75) is 20.0 Å². The van der Waals surface area contributed by atoms with Gasteiger partial charge in [-0.15, -0.1) is 0 Å². The molecule has 1 atom stereocenters. The molecule has 0 spiro atoms. The number of pyridine rings is 1. The summed E-state index contributed by atoms with van der Waals surface area (Å²) in [7, 11) is 0. The van der Waals surface area contributed by atoms with Gasteiger partial charge in [-0.2, -0.15) is 0 Å². The van der Waals surface area contributed by atoms with E-state index in [4.69, 9.17) is 4.74 Å². The van der Waals surface area contributed by atoms with Crippen LogP contribution in [0.5, 0.6) is 0 Å². The monoisotopic (exact) mass is 348 g/mol. The number of carbonyl (C=O) groups is 1. The Kier molecular flexibility index (Phi) is 4.34. The van der Waals surface area contributed by atoms with E-state index in [1.165, 1.54) is 0 Å². The Morgan fingerprint density at radius 2 is 2.08 bits per heavy atom. The van der Waals surface area contributed by atoms with E-state index in [-0.39, 0.29) is 12.0 Å². The lowest BCUT2D eigenvalue weighted by atomic mass is 10.1. The van der Waals surface area contributed by atoms with Crippen LogP contribution in [0.1, 0.15) is 33.7 Å². The first-order chi connectivity index (χ1) is 12.6. The highest BCUT2D eigenvalue weighted by molar-refractivity contribution is 5.98. The third-order valence-corrected chi connectivity index (χ3v) is 4.52. The summed E-state index contributed by atoms with van der Waals surface area (Å²) in [5, 5.41) is 0.963. The summed E-state index contributed by atoms with van der Waals surface area (Å²) in [6.07, 6.45) is 1.53. The lowest BCUT2D eigenvalue weighted by Crippen LogP contribution is -2.42. The standard InChI is InChI=1S/C20H20N4O2/c1-13-10-18(23-14(2)22-13)19-12-24(8-9-26-19)20(25)16-5-6-17-15(11-16)4-3-7-21-17/h3-7,10-11,19H,8-9,12H2,1-2H3/t19-/m0/s1. The number of hydrogen-bond acceptors (Lipinski definition) is 5. The molecule has 0 unspecified atom stereocenters. The molecule has 0 N–H and O–H groups in total. The first kappa shape index (κ1) is 16.6. The summed E-state index contributed by atoms with van der Waals surface area (Å²) >= 11 is 0. The van der Waals surface area contributed by atoms with Gasteiger partial charge in [0.2, 0.25) is 0 Å². The molecule has 2 aromatic heterocycles. The van der Waals surface area contributed by atoms with Crippen LogP contribution in [0.3, 0.4) is 0 Å². The van der Waals surface area contributed by atoms with Gasteiger partial charge in [-0.05, 0) is 44.2 Å². The Labute approximate surface area is 151 Å². The number of benzene rings is 1. The molecule has 0 radical (unpaired) electrons. The quantitative estimate of drug-likeness (QED) is 0.712. The third kappa shape index (κ3) is 3.28. The van der Waals surface area contributed by atoms with Gasteiger partial charge in [-0.3, -0.25) is 9.78 Å². The van der Waals surface area contributed by atoms with E-state index >= 15 is 0 Å². The second-order valence-electron chi connectivity index (χ2n) is 6.50. The predicted molar refractivity (Wildman–Crippen MR) is 97.8 cm³/mol. The fourth-order valence-corrected chi connectivity index (χ4v) is 3.31. The molecule has 3 aromatic rings. The van der Waals surface area contributed by atoms with E-state index in [1.807, 2.05) is 55.1 Å². The van der Waals surface area contributed by atoms with Gasteiger partial charge in [-0.25, -0.2) is 9.97 Å². The summed E-state index contributed by atoms with van der Waals surface area (Å²) < 4.78 is 5.87. The molecule has 1 amide bonds. The Hall–Kier alpha value is -2.86. The van der Waals surface area contributed by atoms with Crippen molar-refractivity contribution in [2.75, 3.05) is 19.7 Å². The van der Waals surface area contributed by atoms with Crippen LogP contribution in [0.4, 0.5) is 0 Å². The van der Waals surface area contributed by atoms with E-state index in [9.17, 15) is 4.79 Å². The summed E-state index contributed by atoms with van der Waals surface area (Å²) in [6, 6.07) is 11.4. The average Bonchev–Trinajstić information content (AvgIpc) is 2.66. The van der Waals surface area contributed by atoms with E-state index in [1.54, 1.807) is 6.20 Å². The highest BCUT2D eigenvalue weighted by Crippen LogP contribution is 2.23. The van der Waals surface area contributed by atoms with Crippen molar-refractivity contribution in [1.82, 2.24) is 19.9 Å². The van der Waals surface area contributed by atoms with Crippen LogP contribution in [0.2, 0.25) is 0 Å². The van der Waals surface area contributed by atoms with E-state index in [2.05, 4.69) is 15.0 Å². The van der Waals surface area contributed by atoms with Crippen LogP contribution in [0, 0.1) is 13.8 Å². The molecular weight excluding hydrogens is 328 g/mol. The molecule has 132 valence electrons. The number of rotatable bonds is 2. The van der Waals surface area contributed by atoms with E-state index in [0.29, 0.717) is 31.1 Å². The second kappa shape index (κ2) is 6.80. The van der Waals surface area contributed by atoms with Crippen molar-refractivity contribution in [2.24, 2.45) is 0 Å². The highest BCUT2D eigenvalue weighted by atomic mass is 16.5. The zero-order valence-corrected chi connectivity index (χ0v) is 14.8. The molecule has 4 rings (SSSR count). The minimum absolute atomic E-state index is 0.00607. The highest BCUT2D eigenvalue weighted by Gasteiger charge is 2.27. The number of aryl methyl sites for hydroxylation is 2. The molecular formula is C20H20N4O2. The molecule has 0 bridgehead atoms. The van der Waals surface area contributed by atoms with E-state index in [0.717, 1.165) is 22.3 Å². The Morgan fingerprint density at radius 3 is 2.92 bits per heavy atom. The first-order valence-electron chi connectivity index (χ1n) is 8.68. The number of aromatic nitrogens is 3. The lowest BCUT2D eigenvalue weighted by Gasteiger charge is -2.33. The van der Waals surface area contributed by atoms with Crippen molar-refractivity contribution >= 4 is 16.8 Å². The number of carbonyl (C=O) groups excluding carboxylic acids is 1. The van der Waals surface area contributed by atoms with Gasteiger partial charge < -0.3 is 9.64 Å². The van der Waals surface area contributed by atoms with Gasteiger partial charge in [-0.1, -0.05) is 6.07 Å². The Morgan fingerprint density at radius 1 is 1.19 bits per heavy atom. The molecule has 0 saturated carbocycles. The Balaban J connectivity index is 1.57. The number of nitrogens with zero attached hydrogens (tertiary/aromatic N) is 4. The number of fused-ring (bicyclic) bond motifs is 1. The van der Waals surface area contributed by atoms with Crippen LogP contribution >= 0.6 is 0 Å². The van der Waals surface area contributed by atoms with Crippen LogP contribution in [0.15, 0.2) is 42.6 Å². The number of amides is 1. The molecule has 1 aliphatic heterocycles. The van der Waals surface area contributed by atoms with Crippen molar-refractivity contribution in [3.63, 3.8) is 0 Å². The van der Waals surface area contributed by atoms with Crippen molar-refractivity contribution in [3.05, 3.63) is 65.4 Å². The molecule has 3 heterocycles. The molecule has 0 aliphatic carbocycles. The lowest BCUT2D eigenvalue weighted by molar-refractivity contribution is -0.0248. The SMILES string of the molecule is Cc1cc([C@@H]2CN(C(=O)c3ccc4ncccc4c3)CCO2)nc(C)n1. The normalized spacial score (nSPS) is 17.5. The fourth-order valence-electron chi connectivity index (χ4n) is 3.31. The predicted octanol–water partition coefficient (Wildman–Crippen LogP) is 2.86. The summed E-state index contributed by atoms with van der Waals surface area (Å²) in [6.45, 7) is 5.36. The average molecular weight is 348 g/mol. The van der Waals surface area contributed by atoms with Crippen molar-refractivity contribution in [3.8, 4) is 0 Å². The number of ether oxygens (including phenoxy) is 1. The minimum Gasteiger partial charge on any atom is -0.368 e. The summed E-state index contributed by atoms with van der Waals surface area (Å²) in [5.41, 5.74) is 3.29. The van der Waals surface area contributed by atoms with E-state index < -0.39 is 0 Å².